The molecule has 1 aromatic heterocycles. The van der Waals surface area contributed by atoms with Crippen LogP contribution in [0.5, 0.6) is 0 Å². The third kappa shape index (κ3) is 5.37. The highest BCUT2D eigenvalue weighted by molar-refractivity contribution is 5.16. The van der Waals surface area contributed by atoms with Crippen LogP contribution in [0, 0.1) is 5.92 Å². The minimum Gasteiger partial charge on any atom is -0.468 e. The molecule has 0 bridgehead atoms. The van der Waals surface area contributed by atoms with Crippen LogP contribution in [-0.2, 0) is 13.1 Å². The quantitative estimate of drug-likeness (QED) is 0.755. The van der Waals surface area contributed by atoms with Crippen LogP contribution in [0.4, 0.5) is 0 Å². The Hall–Kier alpha value is -0.800. The highest BCUT2D eigenvalue weighted by atomic mass is 16.3. The first-order valence-corrected chi connectivity index (χ1v) is 6.58. The summed E-state index contributed by atoms with van der Waals surface area (Å²) in [5, 5.41) is 3.42. The first kappa shape index (κ1) is 14.3. The molecule has 17 heavy (non-hydrogen) atoms. The number of nitrogens with one attached hydrogen (secondary N) is 1. The molecule has 0 amide bonds. The molecular formula is C14H26N2O. The molecule has 1 aromatic rings. The molecule has 0 aliphatic rings. The van der Waals surface area contributed by atoms with Gasteiger partial charge in [-0.05, 0) is 38.5 Å². The van der Waals surface area contributed by atoms with Crippen molar-refractivity contribution < 1.29 is 4.42 Å². The molecule has 3 nitrogen and oxygen atoms in total. The summed E-state index contributed by atoms with van der Waals surface area (Å²) >= 11 is 0. The summed E-state index contributed by atoms with van der Waals surface area (Å²) in [5.74, 6) is 1.75. The minimum absolute atomic E-state index is 0.677. The van der Waals surface area contributed by atoms with E-state index < -0.39 is 0 Å². The number of nitrogens with zero attached hydrogens (tertiary/aromatic N) is 1. The van der Waals surface area contributed by atoms with Crippen LogP contribution >= 0.6 is 0 Å². The summed E-state index contributed by atoms with van der Waals surface area (Å²) in [6.45, 7) is 10.6. The molecule has 0 unspecified atom stereocenters. The van der Waals surface area contributed by atoms with Crippen LogP contribution < -0.4 is 5.32 Å². The molecular weight excluding hydrogens is 212 g/mol. The highest BCUT2D eigenvalue weighted by Gasteiger charge is 2.08. The lowest BCUT2D eigenvalue weighted by molar-refractivity contribution is 0.322. The second-order valence-electron chi connectivity index (χ2n) is 5.13. The van der Waals surface area contributed by atoms with E-state index in [-0.39, 0.29) is 0 Å². The van der Waals surface area contributed by atoms with E-state index in [2.05, 4.69) is 44.1 Å². The summed E-state index contributed by atoms with van der Waals surface area (Å²) in [6.07, 6.45) is 2.98. The van der Waals surface area contributed by atoms with E-state index in [1.165, 1.54) is 12.0 Å². The smallest absolute Gasteiger partial charge is 0.122 e. The molecule has 0 aromatic carbocycles. The van der Waals surface area contributed by atoms with Gasteiger partial charge < -0.3 is 14.6 Å². The zero-order chi connectivity index (χ0) is 12.7. The maximum absolute atomic E-state index is 5.54. The fourth-order valence-corrected chi connectivity index (χ4v) is 1.89. The van der Waals surface area contributed by atoms with Crippen LogP contribution in [0.3, 0.4) is 0 Å². The van der Waals surface area contributed by atoms with E-state index in [1.54, 1.807) is 6.26 Å². The van der Waals surface area contributed by atoms with Crippen molar-refractivity contribution in [3.05, 3.63) is 23.7 Å². The maximum Gasteiger partial charge on any atom is 0.122 e. The van der Waals surface area contributed by atoms with Crippen molar-refractivity contribution in [2.75, 3.05) is 20.1 Å². The average Bonchev–Trinajstić information content (AvgIpc) is 2.65. The van der Waals surface area contributed by atoms with Gasteiger partial charge in [0.25, 0.3) is 0 Å². The van der Waals surface area contributed by atoms with Gasteiger partial charge in [0.15, 0.2) is 0 Å². The molecule has 0 radical (unpaired) electrons. The lowest BCUT2D eigenvalue weighted by atomic mass is 10.2. The number of rotatable bonds is 8. The van der Waals surface area contributed by atoms with Crippen molar-refractivity contribution in [2.24, 2.45) is 5.92 Å². The average molecular weight is 238 g/mol. The molecule has 3 heteroatoms. The van der Waals surface area contributed by atoms with Gasteiger partial charge in [0.05, 0.1) is 12.8 Å². The van der Waals surface area contributed by atoms with Gasteiger partial charge in [0.1, 0.15) is 5.76 Å². The number of furan rings is 1. The molecule has 98 valence electrons. The Kier molecular flexibility index (Phi) is 6.30. The molecule has 0 atom stereocenters. The normalized spacial score (nSPS) is 11.6. The van der Waals surface area contributed by atoms with Crippen molar-refractivity contribution in [1.29, 1.82) is 0 Å². The number of hydrogen-bond acceptors (Lipinski definition) is 3. The second-order valence-corrected chi connectivity index (χ2v) is 5.13. The van der Waals surface area contributed by atoms with Crippen molar-refractivity contribution in [2.45, 2.75) is 40.3 Å². The van der Waals surface area contributed by atoms with Gasteiger partial charge in [-0.1, -0.05) is 20.8 Å². The van der Waals surface area contributed by atoms with Gasteiger partial charge in [-0.25, -0.2) is 0 Å². The summed E-state index contributed by atoms with van der Waals surface area (Å²) in [4.78, 5) is 2.33. The van der Waals surface area contributed by atoms with E-state index >= 15 is 0 Å². The van der Waals surface area contributed by atoms with Gasteiger partial charge >= 0.3 is 0 Å². The molecule has 1 N–H and O–H groups in total. The molecule has 0 spiro atoms. The third-order valence-electron chi connectivity index (χ3n) is 2.72. The highest BCUT2D eigenvalue weighted by Crippen LogP contribution is 2.12. The Labute approximate surface area is 105 Å². The first-order chi connectivity index (χ1) is 8.13. The Morgan fingerprint density at radius 2 is 2.18 bits per heavy atom. The minimum atomic E-state index is 0.677. The van der Waals surface area contributed by atoms with Crippen molar-refractivity contribution in [3.8, 4) is 0 Å². The standard InChI is InChI=1S/C14H26N2O/c1-5-7-16(4)11-13-6-8-17-14(13)10-15-9-12(2)3/h6,8,12,15H,5,7,9-11H2,1-4H3. The van der Waals surface area contributed by atoms with E-state index in [1.807, 2.05) is 0 Å². The largest absolute Gasteiger partial charge is 0.468 e. The Bertz CT molecular complexity index is 307. The van der Waals surface area contributed by atoms with Gasteiger partial charge in [-0.3, -0.25) is 0 Å². The molecule has 0 saturated heterocycles. The Balaban J connectivity index is 2.42. The zero-order valence-electron chi connectivity index (χ0n) is 11.6. The van der Waals surface area contributed by atoms with Gasteiger partial charge in [-0.15, -0.1) is 0 Å². The van der Waals surface area contributed by atoms with Gasteiger partial charge in [0, 0.05) is 12.1 Å². The van der Waals surface area contributed by atoms with Crippen LogP contribution in [-0.4, -0.2) is 25.0 Å². The third-order valence-corrected chi connectivity index (χ3v) is 2.72. The van der Waals surface area contributed by atoms with Crippen LogP contribution in [0.2, 0.25) is 0 Å². The van der Waals surface area contributed by atoms with E-state index in [9.17, 15) is 0 Å². The van der Waals surface area contributed by atoms with Gasteiger partial charge in [-0.2, -0.15) is 0 Å². The summed E-state index contributed by atoms with van der Waals surface area (Å²) in [5.41, 5.74) is 1.30. The van der Waals surface area contributed by atoms with E-state index in [0.29, 0.717) is 5.92 Å². The summed E-state index contributed by atoms with van der Waals surface area (Å²) in [6, 6.07) is 2.08. The fraction of sp³-hybridized carbons (Fsp3) is 0.714. The molecule has 1 heterocycles. The molecule has 0 fully saturated rings. The van der Waals surface area contributed by atoms with Crippen molar-refractivity contribution in [1.82, 2.24) is 10.2 Å². The predicted octanol–water partition coefficient (Wildman–Crippen LogP) is 2.87. The molecule has 0 aliphatic carbocycles. The van der Waals surface area contributed by atoms with Crippen molar-refractivity contribution in [3.63, 3.8) is 0 Å². The lowest BCUT2D eigenvalue weighted by Gasteiger charge is -2.15. The second kappa shape index (κ2) is 7.51. The SMILES string of the molecule is CCCN(C)Cc1ccoc1CNCC(C)C. The molecule has 0 saturated carbocycles. The number of hydrogen-bond donors (Lipinski definition) is 1. The van der Waals surface area contributed by atoms with Gasteiger partial charge in [0.2, 0.25) is 0 Å². The van der Waals surface area contributed by atoms with E-state index in [0.717, 1.165) is 31.9 Å². The Morgan fingerprint density at radius 1 is 1.41 bits per heavy atom. The maximum atomic E-state index is 5.54. The van der Waals surface area contributed by atoms with Crippen LogP contribution in [0.25, 0.3) is 0 Å². The van der Waals surface area contributed by atoms with Crippen LogP contribution in [0.15, 0.2) is 16.7 Å². The zero-order valence-corrected chi connectivity index (χ0v) is 11.6. The fourth-order valence-electron chi connectivity index (χ4n) is 1.89. The summed E-state index contributed by atoms with van der Waals surface area (Å²) < 4.78 is 5.54. The monoisotopic (exact) mass is 238 g/mol. The van der Waals surface area contributed by atoms with Crippen molar-refractivity contribution >= 4 is 0 Å². The van der Waals surface area contributed by atoms with E-state index in [4.69, 9.17) is 4.42 Å². The van der Waals surface area contributed by atoms with Crippen LogP contribution in [0.1, 0.15) is 38.5 Å². The first-order valence-electron chi connectivity index (χ1n) is 6.58. The summed E-state index contributed by atoms with van der Waals surface area (Å²) in [7, 11) is 2.15. The molecule has 0 aliphatic heterocycles. The topological polar surface area (TPSA) is 28.4 Å². The lowest BCUT2D eigenvalue weighted by Crippen LogP contribution is -2.22. The molecule has 1 rings (SSSR count). The Morgan fingerprint density at radius 3 is 2.82 bits per heavy atom. The predicted molar refractivity (Wildman–Crippen MR) is 71.9 cm³/mol.